The minimum atomic E-state index is -1.22. The van der Waals surface area contributed by atoms with E-state index in [2.05, 4.69) is 121 Å². The molecule has 0 spiro atoms. The summed E-state index contributed by atoms with van der Waals surface area (Å²) in [5.41, 5.74) is 5.36. The molecule has 2 heteroatoms. The zero-order chi connectivity index (χ0) is 17.0. The Hall–Kier alpha value is -2.77. The molecule has 0 N–H and O–H groups in total. The molecule has 0 saturated carbocycles. The molecule has 0 nitrogen and oxygen atoms in total. The molecule has 0 radical (unpaired) electrons. The van der Waals surface area contributed by atoms with Crippen molar-refractivity contribution in [2.75, 3.05) is 0 Å². The van der Waals surface area contributed by atoms with Crippen LogP contribution in [0, 0.1) is 0 Å². The highest BCUT2D eigenvalue weighted by atomic mass is 35.5. The van der Waals surface area contributed by atoms with Crippen LogP contribution < -0.4 is 34.3 Å². The second kappa shape index (κ2) is 8.08. The molecule has 0 fully saturated rings. The van der Waals surface area contributed by atoms with Crippen molar-refractivity contribution in [3.63, 3.8) is 0 Å². The second-order valence-corrected chi connectivity index (χ2v) is 6.51. The van der Waals surface area contributed by atoms with Crippen LogP contribution in [-0.4, -0.2) is 6.15 Å². The molecule has 0 atom stereocenters. The van der Waals surface area contributed by atoms with Crippen LogP contribution in [0.2, 0.25) is 0 Å². The van der Waals surface area contributed by atoms with Gasteiger partial charge in [-0.15, -0.1) is 0 Å². The standard InChI is InChI=1S/C24H20B.ClH/c1-5-13-21(14-6-1)25(22-15-7-2-8-16-22,23-17-9-3-10-18-23)24-19-11-4-12-20-24;/h1-20H;1H/q-1;/p-1. The first-order valence-corrected chi connectivity index (χ1v) is 8.80. The third-order valence-electron chi connectivity index (χ3n) is 5.20. The van der Waals surface area contributed by atoms with Crippen LogP contribution in [0.15, 0.2) is 121 Å². The predicted octanol–water partition coefficient (Wildman–Crippen LogP) is 0.0680. The van der Waals surface area contributed by atoms with Gasteiger partial charge in [0.25, 0.3) is 0 Å². The van der Waals surface area contributed by atoms with Gasteiger partial charge in [-0.05, 0) is 0 Å². The molecular formula is C24H20BCl-2. The molecule has 0 aromatic heterocycles. The molecule has 0 aliphatic rings. The maximum atomic E-state index is 2.26. The SMILES string of the molecule is [Cl-].c1ccc([B-](c2ccccc2)(c2ccccc2)c2ccccc2)cc1. The number of hydrogen-bond acceptors (Lipinski definition) is 0. The van der Waals surface area contributed by atoms with Gasteiger partial charge in [-0.1, -0.05) is 121 Å². The van der Waals surface area contributed by atoms with E-state index >= 15 is 0 Å². The summed E-state index contributed by atoms with van der Waals surface area (Å²) in [5, 5.41) is 0. The minimum Gasteiger partial charge on any atom is -1.00 e. The largest absolute Gasteiger partial charge is 1.00 e. The molecule has 0 bridgehead atoms. The van der Waals surface area contributed by atoms with Gasteiger partial charge in [0, 0.05) is 0 Å². The normalized spacial score (nSPS) is 10.8. The van der Waals surface area contributed by atoms with Crippen molar-refractivity contribution < 1.29 is 12.4 Å². The van der Waals surface area contributed by atoms with E-state index in [4.69, 9.17) is 0 Å². The van der Waals surface area contributed by atoms with Crippen molar-refractivity contribution >= 4 is 28.0 Å². The fourth-order valence-electron chi connectivity index (χ4n) is 4.12. The van der Waals surface area contributed by atoms with Gasteiger partial charge in [0.15, 0.2) is 0 Å². The lowest BCUT2D eigenvalue weighted by molar-refractivity contribution is -0.00000473. The first kappa shape index (κ1) is 18.0. The Morgan fingerprint density at radius 2 is 0.500 bits per heavy atom. The topological polar surface area (TPSA) is 0 Å². The van der Waals surface area contributed by atoms with Crippen molar-refractivity contribution in [2.45, 2.75) is 0 Å². The molecule has 0 aliphatic heterocycles. The van der Waals surface area contributed by atoms with Crippen LogP contribution in [0.3, 0.4) is 0 Å². The number of benzene rings is 4. The Kier molecular flexibility index (Phi) is 5.60. The van der Waals surface area contributed by atoms with Gasteiger partial charge in [-0.25, -0.2) is 0 Å². The summed E-state index contributed by atoms with van der Waals surface area (Å²) in [6.07, 6.45) is -1.22. The third kappa shape index (κ3) is 3.07. The van der Waals surface area contributed by atoms with E-state index in [9.17, 15) is 0 Å². The summed E-state index contributed by atoms with van der Waals surface area (Å²) in [5.74, 6) is 0. The van der Waals surface area contributed by atoms with Crippen LogP contribution in [0.5, 0.6) is 0 Å². The second-order valence-electron chi connectivity index (χ2n) is 6.51. The molecule has 4 aromatic rings. The van der Waals surface area contributed by atoms with Gasteiger partial charge >= 0.3 is 0 Å². The zero-order valence-electron chi connectivity index (χ0n) is 14.5. The summed E-state index contributed by atoms with van der Waals surface area (Å²) >= 11 is 0. The lowest BCUT2D eigenvalue weighted by atomic mass is 9.13. The molecule has 0 unspecified atom stereocenters. The van der Waals surface area contributed by atoms with E-state index in [1.54, 1.807) is 0 Å². The van der Waals surface area contributed by atoms with Crippen LogP contribution >= 0.6 is 0 Å². The zero-order valence-corrected chi connectivity index (χ0v) is 15.3. The van der Waals surface area contributed by atoms with E-state index in [0.717, 1.165) is 0 Å². The van der Waals surface area contributed by atoms with Gasteiger partial charge in [-0.2, -0.15) is 21.9 Å². The maximum absolute atomic E-state index is 2.26. The Labute approximate surface area is 161 Å². The van der Waals surface area contributed by atoms with Gasteiger partial charge in [0.05, 0.1) is 0 Å². The molecule has 26 heavy (non-hydrogen) atoms. The van der Waals surface area contributed by atoms with E-state index in [-0.39, 0.29) is 12.4 Å². The number of halogens is 1. The molecule has 0 heterocycles. The minimum absolute atomic E-state index is 0. The summed E-state index contributed by atoms with van der Waals surface area (Å²) in [7, 11) is 0. The van der Waals surface area contributed by atoms with E-state index in [1.807, 2.05) is 0 Å². The number of hydrogen-bond donors (Lipinski definition) is 0. The lowest BCUT2D eigenvalue weighted by Crippen LogP contribution is -3.00. The Morgan fingerprint density at radius 1 is 0.308 bits per heavy atom. The maximum Gasteiger partial charge on any atom is 0.108 e. The third-order valence-corrected chi connectivity index (χ3v) is 5.20. The quantitative estimate of drug-likeness (QED) is 0.455. The van der Waals surface area contributed by atoms with Gasteiger partial charge in [-0.3, -0.25) is 0 Å². The van der Waals surface area contributed by atoms with Crippen LogP contribution in [0.4, 0.5) is 0 Å². The highest BCUT2D eigenvalue weighted by Gasteiger charge is 2.30. The first-order valence-electron chi connectivity index (χ1n) is 8.80. The predicted molar refractivity (Wildman–Crippen MR) is 110 cm³/mol. The monoisotopic (exact) mass is 354 g/mol. The fourth-order valence-corrected chi connectivity index (χ4v) is 4.12. The summed E-state index contributed by atoms with van der Waals surface area (Å²) in [6, 6.07) is 43.5. The molecule has 128 valence electrons. The molecular weight excluding hydrogens is 335 g/mol. The van der Waals surface area contributed by atoms with Crippen LogP contribution in [-0.2, 0) is 0 Å². The smallest absolute Gasteiger partial charge is 0.108 e. The van der Waals surface area contributed by atoms with Crippen molar-refractivity contribution in [1.82, 2.24) is 0 Å². The Balaban J connectivity index is 0.00000196. The van der Waals surface area contributed by atoms with Crippen LogP contribution in [0.1, 0.15) is 0 Å². The van der Waals surface area contributed by atoms with Crippen molar-refractivity contribution in [2.24, 2.45) is 0 Å². The van der Waals surface area contributed by atoms with Crippen molar-refractivity contribution in [3.8, 4) is 0 Å². The van der Waals surface area contributed by atoms with E-state index in [1.165, 1.54) is 21.9 Å². The van der Waals surface area contributed by atoms with Gasteiger partial charge in [0.2, 0.25) is 0 Å². The van der Waals surface area contributed by atoms with Crippen LogP contribution in [0.25, 0.3) is 0 Å². The highest BCUT2D eigenvalue weighted by Crippen LogP contribution is 2.09. The number of rotatable bonds is 4. The van der Waals surface area contributed by atoms with Crippen molar-refractivity contribution in [3.05, 3.63) is 121 Å². The van der Waals surface area contributed by atoms with Crippen molar-refractivity contribution in [1.29, 1.82) is 0 Å². The Bertz CT molecular complexity index is 759. The van der Waals surface area contributed by atoms with Gasteiger partial charge < -0.3 is 12.4 Å². The molecule has 0 aliphatic carbocycles. The van der Waals surface area contributed by atoms with E-state index < -0.39 is 6.15 Å². The van der Waals surface area contributed by atoms with Gasteiger partial charge in [0.1, 0.15) is 6.15 Å². The molecule has 0 amide bonds. The van der Waals surface area contributed by atoms with E-state index in [0.29, 0.717) is 0 Å². The highest BCUT2D eigenvalue weighted by molar-refractivity contribution is 7.19. The lowest BCUT2D eigenvalue weighted by Gasteiger charge is -2.44. The molecule has 0 saturated heterocycles. The molecule has 4 rings (SSSR count). The molecule has 4 aromatic carbocycles. The fraction of sp³-hybridized carbons (Fsp3) is 0. The summed E-state index contributed by atoms with van der Waals surface area (Å²) < 4.78 is 0. The Morgan fingerprint density at radius 3 is 0.692 bits per heavy atom. The first-order chi connectivity index (χ1) is 12.4. The summed E-state index contributed by atoms with van der Waals surface area (Å²) in [6.45, 7) is 0. The average Bonchev–Trinajstić information content (AvgIpc) is 2.72. The summed E-state index contributed by atoms with van der Waals surface area (Å²) in [4.78, 5) is 0. The average molecular weight is 355 g/mol.